The molecule has 0 bridgehead atoms. The van der Waals surface area contributed by atoms with Crippen molar-refractivity contribution in [3.8, 4) is 16.2 Å². The molecule has 0 spiro atoms. The van der Waals surface area contributed by atoms with E-state index in [2.05, 4.69) is 37.3 Å². The Labute approximate surface area is 186 Å². The predicted molar refractivity (Wildman–Crippen MR) is 122 cm³/mol. The molecule has 3 aromatic rings. The summed E-state index contributed by atoms with van der Waals surface area (Å²) < 4.78 is 18.8. The average molecular weight is 436 g/mol. The Hall–Kier alpha value is -2.66. The first-order valence-corrected chi connectivity index (χ1v) is 11.6. The maximum absolute atomic E-state index is 13.0. The van der Waals surface area contributed by atoms with Crippen LogP contribution < -0.4 is 4.74 Å². The van der Waals surface area contributed by atoms with Crippen LogP contribution >= 0.6 is 11.3 Å². The van der Waals surface area contributed by atoms with Crippen LogP contribution in [0.4, 0.5) is 4.39 Å². The molecule has 3 nitrogen and oxygen atoms in total. The van der Waals surface area contributed by atoms with E-state index >= 15 is 0 Å². The van der Waals surface area contributed by atoms with Gasteiger partial charge in [-0.1, -0.05) is 25.1 Å². The van der Waals surface area contributed by atoms with Gasteiger partial charge in [0.05, 0.1) is 0 Å². The van der Waals surface area contributed by atoms with Crippen molar-refractivity contribution >= 4 is 17.2 Å². The van der Waals surface area contributed by atoms with E-state index in [1.807, 2.05) is 11.9 Å². The molecule has 0 N–H and O–H groups in total. The van der Waals surface area contributed by atoms with E-state index in [-0.39, 0.29) is 17.1 Å². The van der Waals surface area contributed by atoms with Crippen LogP contribution in [0.5, 0.6) is 5.75 Å². The highest BCUT2D eigenvalue weighted by Gasteiger charge is 2.46. The summed E-state index contributed by atoms with van der Waals surface area (Å²) in [6.07, 6.45) is 3.59. The number of rotatable bonds is 4. The van der Waals surface area contributed by atoms with E-state index < -0.39 is 0 Å². The molecule has 2 aromatic carbocycles. The first kappa shape index (κ1) is 20.3. The number of amides is 1. The van der Waals surface area contributed by atoms with Crippen LogP contribution in [-0.4, -0.2) is 23.9 Å². The molecule has 0 unspecified atom stereocenters. The molecule has 160 valence electrons. The Balaban J connectivity index is 1.35. The van der Waals surface area contributed by atoms with Gasteiger partial charge in [0.1, 0.15) is 18.2 Å². The maximum atomic E-state index is 13.0. The van der Waals surface area contributed by atoms with Crippen molar-refractivity contribution in [2.75, 3.05) is 7.05 Å². The summed E-state index contributed by atoms with van der Waals surface area (Å²) in [7, 11) is 1.96. The molecule has 1 aromatic heterocycles. The molecule has 1 saturated heterocycles. The number of hydrogen-bond donors (Lipinski definition) is 0. The zero-order valence-corrected chi connectivity index (χ0v) is 18.7. The Morgan fingerprint density at radius 1 is 1.13 bits per heavy atom. The van der Waals surface area contributed by atoms with Crippen LogP contribution in [0.2, 0.25) is 0 Å². The average Bonchev–Trinajstić information content (AvgIpc) is 3.25. The minimum absolute atomic E-state index is 0.0401. The van der Waals surface area contributed by atoms with Gasteiger partial charge in [-0.3, -0.25) is 4.79 Å². The second-order valence-electron chi connectivity index (χ2n) is 8.86. The third kappa shape index (κ3) is 3.65. The zero-order chi connectivity index (χ0) is 21.6. The number of ether oxygens (including phenoxy) is 1. The fourth-order valence-corrected chi connectivity index (χ4v) is 6.15. The molecule has 5 heteroatoms. The van der Waals surface area contributed by atoms with Gasteiger partial charge in [-0.05, 0) is 72.4 Å². The summed E-state index contributed by atoms with van der Waals surface area (Å²) in [5.41, 5.74) is 4.09. The molecular weight excluding hydrogens is 409 g/mol. The monoisotopic (exact) mass is 435 g/mol. The summed E-state index contributed by atoms with van der Waals surface area (Å²) in [5.74, 6) is 0.685. The van der Waals surface area contributed by atoms with E-state index in [1.165, 1.54) is 33.7 Å². The normalized spacial score (nSPS) is 22.7. The Morgan fingerprint density at radius 2 is 1.94 bits per heavy atom. The fraction of sp³-hybridized carbons (Fsp3) is 0.346. The smallest absolute Gasteiger partial charge is 0.222 e. The first-order valence-electron chi connectivity index (χ1n) is 10.8. The third-order valence-electron chi connectivity index (χ3n) is 7.00. The Bertz CT molecular complexity index is 1120. The molecule has 5 rings (SSSR count). The number of hydrogen-bond acceptors (Lipinski definition) is 3. The number of fused-ring (bicyclic) bond motifs is 3. The fourth-order valence-electron chi connectivity index (χ4n) is 5.24. The van der Waals surface area contributed by atoms with Gasteiger partial charge in [-0.2, -0.15) is 0 Å². The topological polar surface area (TPSA) is 29.5 Å². The number of carbonyl (C=O) groups is 1. The number of likely N-dealkylation sites (tertiary alicyclic amines) is 1. The van der Waals surface area contributed by atoms with E-state index in [0.717, 1.165) is 24.1 Å². The molecule has 1 amide bonds. The lowest BCUT2D eigenvalue weighted by atomic mass is 9.63. The highest BCUT2D eigenvalue weighted by molar-refractivity contribution is 7.15. The number of nitrogens with zero attached hydrogens (tertiary/aromatic N) is 1. The minimum atomic E-state index is -0.259. The number of halogens is 1. The van der Waals surface area contributed by atoms with Gasteiger partial charge < -0.3 is 9.64 Å². The molecule has 2 heterocycles. The number of piperidine rings is 1. The first-order chi connectivity index (χ1) is 14.9. The van der Waals surface area contributed by atoms with Crippen molar-refractivity contribution < 1.29 is 13.9 Å². The quantitative estimate of drug-likeness (QED) is 0.506. The van der Waals surface area contributed by atoms with E-state index in [1.54, 1.807) is 23.5 Å². The van der Waals surface area contributed by atoms with Crippen molar-refractivity contribution in [1.82, 2.24) is 4.90 Å². The number of carbonyl (C=O) groups excluding carboxylic acids is 1. The van der Waals surface area contributed by atoms with Gasteiger partial charge in [-0.15, -0.1) is 11.3 Å². The Kier molecular flexibility index (Phi) is 5.09. The predicted octanol–water partition coefficient (Wildman–Crippen LogP) is 5.96. The second-order valence-corrected chi connectivity index (χ2v) is 10.0. The number of likely N-dealkylation sites (N-methyl/N-ethyl adjacent to an activating group) is 1. The van der Waals surface area contributed by atoms with E-state index in [0.29, 0.717) is 24.8 Å². The van der Waals surface area contributed by atoms with Crippen molar-refractivity contribution in [3.05, 3.63) is 76.4 Å². The van der Waals surface area contributed by atoms with Gasteiger partial charge in [0.2, 0.25) is 5.91 Å². The SMILES string of the molecule is CN1C(=O)CC[C@]2(C)c3ccc(-c4ccc(COc5ccc(F)cc5)s4)cc3CC[C@@H]12. The van der Waals surface area contributed by atoms with Crippen molar-refractivity contribution in [1.29, 1.82) is 0 Å². The molecule has 0 radical (unpaired) electrons. The molecular formula is C26H26FNO2S. The van der Waals surface area contributed by atoms with Crippen molar-refractivity contribution in [2.24, 2.45) is 0 Å². The lowest BCUT2D eigenvalue weighted by molar-refractivity contribution is -0.138. The van der Waals surface area contributed by atoms with Gasteiger partial charge >= 0.3 is 0 Å². The summed E-state index contributed by atoms with van der Waals surface area (Å²) in [6, 6.07) is 17.5. The van der Waals surface area contributed by atoms with Gasteiger partial charge in [-0.25, -0.2) is 4.39 Å². The maximum Gasteiger partial charge on any atom is 0.222 e. The molecule has 0 saturated carbocycles. The largest absolute Gasteiger partial charge is 0.488 e. The molecule has 2 atom stereocenters. The number of benzene rings is 2. The Morgan fingerprint density at radius 3 is 2.74 bits per heavy atom. The second kappa shape index (κ2) is 7.79. The highest BCUT2D eigenvalue weighted by Crippen LogP contribution is 2.46. The van der Waals surface area contributed by atoms with Crippen LogP contribution in [0.25, 0.3) is 10.4 Å². The summed E-state index contributed by atoms with van der Waals surface area (Å²) in [6.45, 7) is 2.80. The van der Waals surface area contributed by atoms with Crippen LogP contribution in [0.3, 0.4) is 0 Å². The van der Waals surface area contributed by atoms with E-state index in [9.17, 15) is 9.18 Å². The van der Waals surface area contributed by atoms with Crippen LogP contribution in [0, 0.1) is 5.82 Å². The molecule has 1 aliphatic carbocycles. The van der Waals surface area contributed by atoms with E-state index in [4.69, 9.17) is 4.74 Å². The molecule has 1 aliphatic heterocycles. The van der Waals surface area contributed by atoms with Gasteiger partial charge in [0.15, 0.2) is 0 Å². The lowest BCUT2D eigenvalue weighted by Gasteiger charge is -2.50. The number of aryl methyl sites for hydroxylation is 1. The number of thiophene rings is 1. The third-order valence-corrected chi connectivity index (χ3v) is 8.11. The highest BCUT2D eigenvalue weighted by atomic mass is 32.1. The summed E-state index contributed by atoms with van der Waals surface area (Å²) in [5, 5.41) is 0. The van der Waals surface area contributed by atoms with Crippen LogP contribution in [0.15, 0.2) is 54.6 Å². The summed E-state index contributed by atoms with van der Waals surface area (Å²) >= 11 is 1.73. The molecule has 31 heavy (non-hydrogen) atoms. The van der Waals surface area contributed by atoms with Crippen molar-refractivity contribution in [2.45, 2.75) is 50.7 Å². The van der Waals surface area contributed by atoms with Crippen LogP contribution in [0.1, 0.15) is 42.2 Å². The lowest BCUT2D eigenvalue weighted by Crippen LogP contribution is -2.56. The van der Waals surface area contributed by atoms with Crippen molar-refractivity contribution in [3.63, 3.8) is 0 Å². The summed E-state index contributed by atoms with van der Waals surface area (Å²) in [4.78, 5) is 16.5. The standard InChI is InChI=1S/C26H26FNO2S/c1-26-14-13-25(29)28(2)24(26)12-4-17-15-18(3-10-22(17)26)23-11-9-21(31-23)16-30-20-7-5-19(27)6-8-20/h3,5-11,15,24H,4,12-14,16H2,1-2H3/t24-,26-/m1/s1. The van der Waals surface area contributed by atoms with Gasteiger partial charge in [0.25, 0.3) is 0 Å². The zero-order valence-electron chi connectivity index (χ0n) is 17.9. The molecule has 1 fully saturated rings. The minimum Gasteiger partial charge on any atom is -0.488 e. The van der Waals surface area contributed by atoms with Crippen LogP contribution in [-0.2, 0) is 23.2 Å². The van der Waals surface area contributed by atoms with Gasteiger partial charge in [0, 0.05) is 34.7 Å². The molecule has 2 aliphatic rings.